The SMILES string of the molecule is Cn1cc(/C=C2\Oc3ccc(NC(=O)Nc4cccnc4)cc3C2=O)c2c(N3CCC(C(=O)Nc4cccnc4)CC3)ccnc21. The molecule has 6 heterocycles. The van der Waals surface area contributed by atoms with E-state index >= 15 is 0 Å². The fraction of sp³-hybridized carbons (Fsp3) is 0.176. The zero-order chi connectivity index (χ0) is 31.6. The predicted molar refractivity (Wildman–Crippen MR) is 175 cm³/mol. The molecule has 12 heteroatoms. The number of urea groups is 1. The molecule has 46 heavy (non-hydrogen) atoms. The molecule has 230 valence electrons. The lowest BCUT2D eigenvalue weighted by Gasteiger charge is -2.33. The number of anilines is 4. The Kier molecular flexibility index (Phi) is 7.59. The summed E-state index contributed by atoms with van der Waals surface area (Å²) in [5, 5.41) is 9.32. The highest BCUT2D eigenvalue weighted by molar-refractivity contribution is 6.16. The van der Waals surface area contributed by atoms with E-state index in [9.17, 15) is 14.4 Å². The number of aryl methyl sites for hydroxylation is 1. The van der Waals surface area contributed by atoms with Crippen LogP contribution in [0, 0.1) is 5.92 Å². The summed E-state index contributed by atoms with van der Waals surface area (Å²) in [4.78, 5) is 53.8. The number of carbonyl (C=O) groups excluding carboxylic acids is 3. The number of amides is 3. The second-order valence-electron chi connectivity index (χ2n) is 11.2. The molecule has 0 radical (unpaired) electrons. The van der Waals surface area contributed by atoms with Gasteiger partial charge in [0, 0.05) is 73.2 Å². The second kappa shape index (κ2) is 12.2. The quantitative estimate of drug-likeness (QED) is 0.214. The van der Waals surface area contributed by atoms with Gasteiger partial charge in [0.2, 0.25) is 11.7 Å². The minimum atomic E-state index is -0.455. The second-order valence-corrected chi connectivity index (χ2v) is 11.2. The monoisotopic (exact) mass is 614 g/mol. The number of piperidine rings is 1. The molecule has 3 N–H and O–H groups in total. The van der Waals surface area contributed by atoms with Crippen molar-refractivity contribution in [3.8, 4) is 5.75 Å². The van der Waals surface area contributed by atoms with Crippen molar-refractivity contribution in [2.24, 2.45) is 13.0 Å². The van der Waals surface area contributed by atoms with Gasteiger partial charge in [-0.2, -0.15) is 0 Å². The van der Waals surface area contributed by atoms with Crippen molar-refractivity contribution in [3.05, 3.63) is 103 Å². The number of carbonyl (C=O) groups is 3. The Hall–Kier alpha value is -6.04. The van der Waals surface area contributed by atoms with Gasteiger partial charge in [-0.15, -0.1) is 0 Å². The molecule has 5 aromatic rings. The molecule has 2 aliphatic heterocycles. The number of allylic oxidation sites excluding steroid dienone is 1. The smallest absolute Gasteiger partial charge is 0.323 e. The largest absolute Gasteiger partial charge is 0.452 e. The van der Waals surface area contributed by atoms with E-state index in [1.165, 1.54) is 6.20 Å². The van der Waals surface area contributed by atoms with Crippen LogP contribution in [-0.4, -0.2) is 50.3 Å². The highest BCUT2D eigenvalue weighted by Gasteiger charge is 2.30. The number of ether oxygens (including phenoxy) is 1. The molecule has 7 rings (SSSR count). The lowest BCUT2D eigenvalue weighted by molar-refractivity contribution is -0.120. The fourth-order valence-electron chi connectivity index (χ4n) is 5.89. The molecule has 0 saturated carbocycles. The third-order valence-electron chi connectivity index (χ3n) is 8.13. The summed E-state index contributed by atoms with van der Waals surface area (Å²) >= 11 is 0. The van der Waals surface area contributed by atoms with Crippen LogP contribution < -0.4 is 25.6 Å². The van der Waals surface area contributed by atoms with Crippen LogP contribution in [0.1, 0.15) is 28.8 Å². The van der Waals surface area contributed by atoms with Gasteiger partial charge in [0.25, 0.3) is 0 Å². The van der Waals surface area contributed by atoms with Crippen molar-refractivity contribution < 1.29 is 19.1 Å². The fourth-order valence-corrected chi connectivity index (χ4v) is 5.89. The number of pyridine rings is 3. The van der Waals surface area contributed by atoms with Crippen LogP contribution in [0.25, 0.3) is 17.1 Å². The van der Waals surface area contributed by atoms with Gasteiger partial charge in [0.1, 0.15) is 11.4 Å². The number of fused-ring (bicyclic) bond motifs is 2. The number of benzene rings is 1. The lowest BCUT2D eigenvalue weighted by Crippen LogP contribution is -2.38. The van der Waals surface area contributed by atoms with Crippen LogP contribution in [0.5, 0.6) is 5.75 Å². The van der Waals surface area contributed by atoms with Gasteiger partial charge in [0.05, 0.1) is 29.3 Å². The van der Waals surface area contributed by atoms with Crippen LogP contribution in [0.3, 0.4) is 0 Å². The Bertz CT molecular complexity index is 1980. The third-order valence-corrected chi connectivity index (χ3v) is 8.13. The number of hydrogen-bond acceptors (Lipinski definition) is 8. The summed E-state index contributed by atoms with van der Waals surface area (Å²) in [6.07, 6.45) is 13.3. The normalized spacial score (nSPS) is 15.5. The minimum Gasteiger partial charge on any atom is -0.452 e. The molecule has 1 aromatic carbocycles. The molecule has 0 bridgehead atoms. The summed E-state index contributed by atoms with van der Waals surface area (Å²) in [6, 6.07) is 13.5. The number of Topliss-reactive ketones (excluding diaryl/α,β-unsaturated/α-hetero) is 1. The van der Waals surface area contributed by atoms with Crippen molar-refractivity contribution in [1.29, 1.82) is 0 Å². The van der Waals surface area contributed by atoms with Gasteiger partial charge >= 0.3 is 6.03 Å². The van der Waals surface area contributed by atoms with Crippen molar-refractivity contribution in [2.45, 2.75) is 12.8 Å². The van der Waals surface area contributed by atoms with Gasteiger partial charge in [-0.3, -0.25) is 19.6 Å². The zero-order valence-electron chi connectivity index (χ0n) is 24.9. The highest BCUT2D eigenvalue weighted by atomic mass is 16.5. The summed E-state index contributed by atoms with van der Waals surface area (Å²) in [6.45, 7) is 1.39. The van der Waals surface area contributed by atoms with E-state index in [4.69, 9.17) is 4.74 Å². The molecule has 0 unspecified atom stereocenters. The van der Waals surface area contributed by atoms with Crippen molar-refractivity contribution in [3.63, 3.8) is 0 Å². The third kappa shape index (κ3) is 5.75. The Labute approximate surface area is 264 Å². The van der Waals surface area contributed by atoms with Gasteiger partial charge in [-0.05, 0) is 67.4 Å². The first kappa shape index (κ1) is 28.7. The molecule has 3 amide bonds. The van der Waals surface area contributed by atoms with E-state index in [0.717, 1.165) is 22.3 Å². The molecule has 0 aliphatic carbocycles. The van der Waals surface area contributed by atoms with E-state index in [2.05, 4.69) is 35.8 Å². The number of rotatable bonds is 6. The van der Waals surface area contributed by atoms with Crippen molar-refractivity contribution in [1.82, 2.24) is 19.5 Å². The molecule has 0 atom stereocenters. The van der Waals surface area contributed by atoms with E-state index in [1.54, 1.807) is 67.3 Å². The topological polar surface area (TPSA) is 143 Å². The Morgan fingerprint density at radius 2 is 1.63 bits per heavy atom. The predicted octanol–water partition coefficient (Wildman–Crippen LogP) is 5.48. The minimum absolute atomic E-state index is 0.00148. The first-order valence-corrected chi connectivity index (χ1v) is 14.9. The van der Waals surface area contributed by atoms with Gasteiger partial charge in [-0.1, -0.05) is 0 Å². The summed E-state index contributed by atoms with van der Waals surface area (Å²) in [7, 11) is 1.91. The molecule has 2 aliphatic rings. The van der Waals surface area contributed by atoms with Crippen LogP contribution in [-0.2, 0) is 11.8 Å². The number of hydrogen-bond donors (Lipinski definition) is 3. The van der Waals surface area contributed by atoms with Gasteiger partial charge in [-0.25, -0.2) is 9.78 Å². The zero-order valence-corrected chi connectivity index (χ0v) is 24.9. The molecule has 12 nitrogen and oxygen atoms in total. The first-order chi connectivity index (χ1) is 22.4. The maximum Gasteiger partial charge on any atom is 0.323 e. The van der Waals surface area contributed by atoms with Crippen LogP contribution in [0.2, 0.25) is 0 Å². The van der Waals surface area contributed by atoms with Crippen LogP contribution >= 0.6 is 0 Å². The van der Waals surface area contributed by atoms with E-state index in [1.807, 2.05) is 29.9 Å². The van der Waals surface area contributed by atoms with Crippen LogP contribution in [0.15, 0.2) is 91.5 Å². The maximum atomic E-state index is 13.5. The van der Waals surface area contributed by atoms with Crippen molar-refractivity contribution in [2.75, 3.05) is 33.9 Å². The maximum absolute atomic E-state index is 13.5. The molecule has 0 spiro atoms. The average Bonchev–Trinajstić information content (AvgIpc) is 3.56. The molecular formula is C34H30N8O4. The number of nitrogens with one attached hydrogen (secondary N) is 3. The average molecular weight is 615 g/mol. The number of ketones is 1. The Morgan fingerprint density at radius 3 is 2.35 bits per heavy atom. The lowest BCUT2D eigenvalue weighted by atomic mass is 9.95. The number of aromatic nitrogens is 4. The molecule has 1 fully saturated rings. The summed E-state index contributed by atoms with van der Waals surface area (Å²) < 4.78 is 7.92. The van der Waals surface area contributed by atoms with Gasteiger partial charge in [0.15, 0.2) is 5.76 Å². The summed E-state index contributed by atoms with van der Waals surface area (Å²) in [5.74, 6) is 0.213. The standard InChI is InChI=1S/C34H30N8O4/c1-41-20-22(16-29-31(43)26-17-23(6-7-28(26)46-29)39-34(45)40-25-5-3-12-36-19-25)30-27(8-13-37-32(30)41)42-14-9-21(10-15-42)33(44)38-24-4-2-11-35-18-24/h2-8,11-13,16-21H,9-10,14-15H2,1H3,(H,38,44)(H2,39,40,45)/b29-16-. The van der Waals surface area contributed by atoms with Crippen molar-refractivity contribution >= 4 is 57.6 Å². The van der Waals surface area contributed by atoms with E-state index < -0.39 is 6.03 Å². The highest BCUT2D eigenvalue weighted by Crippen LogP contribution is 2.37. The van der Waals surface area contributed by atoms with E-state index in [-0.39, 0.29) is 23.4 Å². The molecular weight excluding hydrogens is 584 g/mol. The van der Waals surface area contributed by atoms with Crippen LogP contribution in [0.4, 0.5) is 27.5 Å². The number of nitrogens with zero attached hydrogens (tertiary/aromatic N) is 5. The first-order valence-electron chi connectivity index (χ1n) is 14.9. The Balaban J connectivity index is 1.08. The Morgan fingerprint density at radius 1 is 0.913 bits per heavy atom. The van der Waals surface area contributed by atoms with E-state index in [0.29, 0.717) is 54.3 Å². The van der Waals surface area contributed by atoms with Gasteiger partial charge < -0.3 is 30.2 Å². The molecule has 4 aromatic heterocycles. The summed E-state index contributed by atoms with van der Waals surface area (Å²) in [5.41, 5.74) is 4.60. The molecule has 1 saturated heterocycles.